The van der Waals surface area contributed by atoms with Gasteiger partial charge in [-0.1, -0.05) is 25.1 Å². The number of anilines is 1. The second-order valence-electron chi connectivity index (χ2n) is 7.37. The van der Waals surface area contributed by atoms with Crippen molar-refractivity contribution in [2.45, 2.75) is 70.5 Å². The van der Waals surface area contributed by atoms with Crippen LogP contribution >= 0.6 is 0 Å². The van der Waals surface area contributed by atoms with Crippen LogP contribution < -0.4 is 10.2 Å². The molecule has 25 heavy (non-hydrogen) atoms. The largest absolute Gasteiger partial charge is 0.481 e. The van der Waals surface area contributed by atoms with Gasteiger partial charge >= 0.3 is 5.97 Å². The van der Waals surface area contributed by atoms with Crippen LogP contribution in [0.1, 0.15) is 64.0 Å². The van der Waals surface area contributed by atoms with E-state index in [2.05, 4.69) is 18.3 Å². The number of amides is 1. The van der Waals surface area contributed by atoms with Gasteiger partial charge in [-0.3, -0.25) is 9.59 Å². The number of nitrogens with one attached hydrogen (secondary N) is 1. The van der Waals surface area contributed by atoms with Crippen molar-refractivity contribution in [3.8, 4) is 0 Å². The van der Waals surface area contributed by atoms with Crippen LogP contribution in [0.25, 0.3) is 0 Å². The van der Waals surface area contributed by atoms with Gasteiger partial charge in [-0.15, -0.1) is 0 Å². The molecule has 2 atom stereocenters. The van der Waals surface area contributed by atoms with Crippen molar-refractivity contribution in [2.75, 3.05) is 4.90 Å². The molecule has 1 aromatic carbocycles. The Balaban J connectivity index is 1.75. The number of carboxylic acids is 1. The lowest BCUT2D eigenvalue weighted by Gasteiger charge is -2.41. The monoisotopic (exact) mass is 344 g/mol. The number of para-hydroxylation sites is 1. The Kier molecular flexibility index (Phi) is 5.42. The van der Waals surface area contributed by atoms with Crippen LogP contribution in [-0.2, 0) is 9.59 Å². The number of hydrogen-bond acceptors (Lipinski definition) is 3. The van der Waals surface area contributed by atoms with Gasteiger partial charge in [0.2, 0.25) is 5.91 Å². The number of rotatable bonds is 4. The van der Waals surface area contributed by atoms with Gasteiger partial charge < -0.3 is 15.3 Å². The van der Waals surface area contributed by atoms with Gasteiger partial charge in [-0.05, 0) is 50.7 Å². The molecule has 0 radical (unpaired) electrons. The number of hydrogen-bond donors (Lipinski definition) is 2. The van der Waals surface area contributed by atoms with Crippen LogP contribution in [0, 0.1) is 5.92 Å². The molecule has 1 aliphatic heterocycles. The Morgan fingerprint density at radius 2 is 1.88 bits per heavy atom. The van der Waals surface area contributed by atoms with Gasteiger partial charge in [0.05, 0.1) is 5.92 Å². The molecular formula is C20H28N2O3. The van der Waals surface area contributed by atoms with Crippen LogP contribution in [0.4, 0.5) is 5.69 Å². The zero-order chi connectivity index (χ0) is 18.0. The standard InChI is InChI=1S/C20H28N2O3/c1-3-19(23)22-13(2)12-17(16-6-4-5-7-18(16)22)21-15-10-8-14(9-11-15)20(24)25/h4-7,13-15,17,21H,3,8-12H2,1-2H3,(H,24,25)/t13-,14?,15?,17+/m0/s1. The Hall–Kier alpha value is -1.88. The van der Waals surface area contributed by atoms with Gasteiger partial charge in [0.15, 0.2) is 0 Å². The Morgan fingerprint density at radius 3 is 2.52 bits per heavy atom. The number of carboxylic acid groups (broad SMARTS) is 1. The van der Waals surface area contributed by atoms with Crippen LogP contribution in [-0.4, -0.2) is 29.1 Å². The molecular weight excluding hydrogens is 316 g/mol. The predicted octanol–water partition coefficient (Wildman–Crippen LogP) is 3.50. The molecule has 1 amide bonds. The fraction of sp³-hybridized carbons (Fsp3) is 0.600. The maximum Gasteiger partial charge on any atom is 0.306 e. The second-order valence-corrected chi connectivity index (χ2v) is 7.37. The molecule has 3 rings (SSSR count). The molecule has 0 bridgehead atoms. The zero-order valence-electron chi connectivity index (χ0n) is 15.1. The molecule has 1 fully saturated rings. The minimum absolute atomic E-state index is 0.162. The number of benzene rings is 1. The molecule has 0 aromatic heterocycles. The zero-order valence-corrected chi connectivity index (χ0v) is 15.1. The average molecular weight is 344 g/mol. The highest BCUT2D eigenvalue weighted by atomic mass is 16.4. The molecule has 1 aliphatic carbocycles. The number of carbonyl (C=O) groups excluding carboxylic acids is 1. The summed E-state index contributed by atoms with van der Waals surface area (Å²) in [4.78, 5) is 25.5. The van der Waals surface area contributed by atoms with E-state index in [1.807, 2.05) is 30.0 Å². The fourth-order valence-electron chi connectivity index (χ4n) is 4.31. The molecule has 0 unspecified atom stereocenters. The smallest absolute Gasteiger partial charge is 0.306 e. The molecule has 5 nitrogen and oxygen atoms in total. The van der Waals surface area contributed by atoms with E-state index in [4.69, 9.17) is 5.11 Å². The summed E-state index contributed by atoms with van der Waals surface area (Å²) in [5.74, 6) is -0.683. The number of carbonyl (C=O) groups is 2. The highest BCUT2D eigenvalue weighted by molar-refractivity contribution is 5.95. The molecule has 1 heterocycles. The number of aliphatic carboxylic acids is 1. The van der Waals surface area contributed by atoms with Gasteiger partial charge in [0.1, 0.15) is 0 Å². The third kappa shape index (κ3) is 3.71. The lowest BCUT2D eigenvalue weighted by atomic mass is 9.84. The van der Waals surface area contributed by atoms with Crippen LogP contribution in [0.5, 0.6) is 0 Å². The maximum atomic E-state index is 12.4. The molecule has 2 aliphatic rings. The summed E-state index contributed by atoms with van der Waals surface area (Å²) in [6.07, 6.45) is 4.70. The lowest BCUT2D eigenvalue weighted by Crippen LogP contribution is -2.47. The van der Waals surface area contributed by atoms with Gasteiger partial charge in [-0.2, -0.15) is 0 Å². The maximum absolute atomic E-state index is 12.4. The molecule has 5 heteroatoms. The topological polar surface area (TPSA) is 69.6 Å². The van der Waals surface area contributed by atoms with E-state index in [0.29, 0.717) is 12.5 Å². The van der Waals surface area contributed by atoms with Crippen molar-refractivity contribution >= 4 is 17.6 Å². The highest BCUT2D eigenvalue weighted by Gasteiger charge is 2.34. The first-order chi connectivity index (χ1) is 12.0. The molecule has 0 spiro atoms. The Morgan fingerprint density at radius 1 is 1.20 bits per heavy atom. The lowest BCUT2D eigenvalue weighted by molar-refractivity contribution is -0.142. The minimum Gasteiger partial charge on any atom is -0.481 e. The molecule has 136 valence electrons. The summed E-state index contributed by atoms with van der Waals surface area (Å²) in [6, 6.07) is 8.90. The van der Waals surface area contributed by atoms with E-state index in [0.717, 1.165) is 37.8 Å². The predicted molar refractivity (Wildman–Crippen MR) is 97.6 cm³/mol. The highest BCUT2D eigenvalue weighted by Crippen LogP contribution is 2.38. The van der Waals surface area contributed by atoms with E-state index in [-0.39, 0.29) is 23.9 Å². The van der Waals surface area contributed by atoms with Gasteiger partial charge in [0, 0.05) is 30.2 Å². The van der Waals surface area contributed by atoms with Crippen molar-refractivity contribution in [3.05, 3.63) is 29.8 Å². The van der Waals surface area contributed by atoms with E-state index in [1.165, 1.54) is 5.56 Å². The summed E-state index contributed by atoms with van der Waals surface area (Å²) in [5, 5.41) is 12.9. The normalized spacial score (nSPS) is 29.1. The summed E-state index contributed by atoms with van der Waals surface area (Å²) in [5.41, 5.74) is 2.20. The van der Waals surface area contributed by atoms with Crippen molar-refractivity contribution < 1.29 is 14.7 Å². The van der Waals surface area contributed by atoms with E-state index >= 15 is 0 Å². The molecule has 1 aromatic rings. The minimum atomic E-state index is -0.663. The van der Waals surface area contributed by atoms with Crippen LogP contribution in [0.2, 0.25) is 0 Å². The summed E-state index contributed by atoms with van der Waals surface area (Å²) < 4.78 is 0. The SMILES string of the molecule is CCC(=O)N1c2ccccc2[C@H](NC2CCC(C(=O)O)CC2)C[C@@H]1C. The first-order valence-electron chi connectivity index (χ1n) is 9.41. The van der Waals surface area contributed by atoms with Crippen molar-refractivity contribution in [2.24, 2.45) is 5.92 Å². The number of fused-ring (bicyclic) bond motifs is 1. The van der Waals surface area contributed by atoms with Gasteiger partial charge in [-0.25, -0.2) is 0 Å². The summed E-state index contributed by atoms with van der Waals surface area (Å²) in [6.45, 7) is 4.02. The van der Waals surface area contributed by atoms with E-state index in [9.17, 15) is 9.59 Å². The van der Waals surface area contributed by atoms with E-state index in [1.54, 1.807) is 0 Å². The molecule has 0 saturated heterocycles. The first-order valence-corrected chi connectivity index (χ1v) is 9.41. The first kappa shape index (κ1) is 17.9. The fourth-order valence-corrected chi connectivity index (χ4v) is 4.31. The van der Waals surface area contributed by atoms with Crippen LogP contribution in [0.3, 0.4) is 0 Å². The Bertz CT molecular complexity index is 638. The third-order valence-electron chi connectivity index (χ3n) is 5.67. The number of nitrogens with zero attached hydrogens (tertiary/aromatic N) is 1. The summed E-state index contributed by atoms with van der Waals surface area (Å²) >= 11 is 0. The second kappa shape index (κ2) is 7.56. The third-order valence-corrected chi connectivity index (χ3v) is 5.67. The Labute approximate surface area is 149 Å². The molecule has 2 N–H and O–H groups in total. The quantitative estimate of drug-likeness (QED) is 0.877. The van der Waals surface area contributed by atoms with E-state index < -0.39 is 5.97 Å². The van der Waals surface area contributed by atoms with Gasteiger partial charge in [0.25, 0.3) is 0 Å². The van der Waals surface area contributed by atoms with Crippen molar-refractivity contribution in [3.63, 3.8) is 0 Å². The summed E-state index contributed by atoms with van der Waals surface area (Å²) in [7, 11) is 0. The van der Waals surface area contributed by atoms with Crippen molar-refractivity contribution in [1.82, 2.24) is 5.32 Å². The average Bonchev–Trinajstić information content (AvgIpc) is 2.62. The van der Waals surface area contributed by atoms with Crippen molar-refractivity contribution in [1.29, 1.82) is 0 Å². The van der Waals surface area contributed by atoms with Crippen LogP contribution in [0.15, 0.2) is 24.3 Å². The molecule has 1 saturated carbocycles.